The highest BCUT2D eigenvalue weighted by Gasteiger charge is 2.12. The lowest BCUT2D eigenvalue weighted by molar-refractivity contribution is -0.659. The molecule has 0 atom stereocenters. The van der Waals surface area contributed by atoms with E-state index in [1.54, 1.807) is 17.1 Å². The van der Waals surface area contributed by atoms with Crippen molar-refractivity contribution in [3.8, 4) is 5.69 Å². The van der Waals surface area contributed by atoms with Gasteiger partial charge in [0, 0.05) is 28.8 Å². The Morgan fingerprint density at radius 1 is 0.955 bits per heavy atom. The first-order chi connectivity index (χ1) is 10.7. The summed E-state index contributed by atoms with van der Waals surface area (Å²) in [5.74, 6) is 0. The maximum atomic E-state index is 6.33. The maximum absolute atomic E-state index is 6.33. The molecule has 3 aromatic rings. The van der Waals surface area contributed by atoms with E-state index >= 15 is 0 Å². The Morgan fingerprint density at radius 3 is 2.36 bits per heavy atom. The number of anilines is 1. The molecule has 0 spiro atoms. The van der Waals surface area contributed by atoms with Gasteiger partial charge in [-0.15, -0.1) is 0 Å². The van der Waals surface area contributed by atoms with E-state index in [9.17, 15) is 0 Å². The standard InChI is InChI=1S/C17H13Cl2N3/c18-14-6-8-15(9-7-14)22-12-16(19)17(11-21-22)20-10-13-4-2-1-3-5-13/h1-9,11-12H,10H2/p+1. The summed E-state index contributed by atoms with van der Waals surface area (Å²) in [6.07, 6.45) is 3.50. The third-order valence-electron chi connectivity index (χ3n) is 3.22. The summed E-state index contributed by atoms with van der Waals surface area (Å²) in [6.45, 7) is 0.702. The third-order valence-corrected chi connectivity index (χ3v) is 3.77. The quantitative estimate of drug-likeness (QED) is 0.723. The highest BCUT2D eigenvalue weighted by molar-refractivity contribution is 6.32. The average molecular weight is 331 g/mol. The second-order valence-corrected chi connectivity index (χ2v) is 5.64. The Balaban J connectivity index is 1.76. The van der Waals surface area contributed by atoms with Gasteiger partial charge in [-0.3, -0.25) is 0 Å². The first-order valence-electron chi connectivity index (χ1n) is 6.83. The Hall–Kier alpha value is -2.10. The van der Waals surface area contributed by atoms with Crippen LogP contribution in [0.5, 0.6) is 0 Å². The lowest BCUT2D eigenvalue weighted by Gasteiger charge is -2.06. The zero-order chi connectivity index (χ0) is 15.4. The molecule has 1 heterocycles. The van der Waals surface area contributed by atoms with E-state index in [4.69, 9.17) is 23.2 Å². The minimum atomic E-state index is 0.612. The number of nitrogens with zero attached hydrogens (tertiary/aromatic N) is 2. The van der Waals surface area contributed by atoms with Crippen molar-refractivity contribution in [2.24, 2.45) is 0 Å². The predicted molar refractivity (Wildman–Crippen MR) is 89.6 cm³/mol. The van der Waals surface area contributed by atoms with Crippen LogP contribution in [-0.4, -0.2) is 5.10 Å². The number of aromatic nitrogens is 2. The van der Waals surface area contributed by atoms with Crippen LogP contribution in [0.4, 0.5) is 5.69 Å². The molecule has 2 aromatic carbocycles. The van der Waals surface area contributed by atoms with Crippen molar-refractivity contribution in [3.63, 3.8) is 0 Å². The van der Waals surface area contributed by atoms with E-state index in [0.717, 1.165) is 11.4 Å². The summed E-state index contributed by atoms with van der Waals surface area (Å²) in [7, 11) is 0. The van der Waals surface area contributed by atoms with Gasteiger partial charge in [0.15, 0.2) is 0 Å². The minimum absolute atomic E-state index is 0.612. The third kappa shape index (κ3) is 3.56. The molecule has 3 rings (SSSR count). The van der Waals surface area contributed by atoms with Crippen LogP contribution in [0.3, 0.4) is 0 Å². The zero-order valence-corrected chi connectivity index (χ0v) is 13.2. The molecule has 0 aliphatic heterocycles. The molecule has 5 heteroatoms. The summed E-state index contributed by atoms with van der Waals surface area (Å²) in [4.78, 5) is 0. The van der Waals surface area contributed by atoms with Crippen molar-refractivity contribution in [2.45, 2.75) is 6.54 Å². The summed E-state index contributed by atoms with van der Waals surface area (Å²) >= 11 is 12.2. The van der Waals surface area contributed by atoms with Gasteiger partial charge < -0.3 is 5.32 Å². The summed E-state index contributed by atoms with van der Waals surface area (Å²) < 4.78 is 1.71. The molecule has 0 radical (unpaired) electrons. The summed E-state index contributed by atoms with van der Waals surface area (Å²) in [5.41, 5.74) is 2.89. The monoisotopic (exact) mass is 330 g/mol. The van der Waals surface area contributed by atoms with Gasteiger partial charge in [0.25, 0.3) is 0 Å². The van der Waals surface area contributed by atoms with Crippen LogP contribution in [-0.2, 0) is 6.54 Å². The normalized spacial score (nSPS) is 10.5. The number of hydrogen-bond donors (Lipinski definition) is 1. The second kappa shape index (κ2) is 6.77. The van der Waals surface area contributed by atoms with Crippen LogP contribution in [0, 0.1) is 0 Å². The summed E-state index contributed by atoms with van der Waals surface area (Å²) in [5, 5.41) is 8.97. The smallest absolute Gasteiger partial charge is 0.238 e. The Labute approximate surface area is 139 Å². The number of halogens is 2. The molecule has 110 valence electrons. The van der Waals surface area contributed by atoms with E-state index in [1.165, 1.54) is 5.56 Å². The summed E-state index contributed by atoms with van der Waals surface area (Å²) in [6, 6.07) is 17.6. The molecule has 0 aliphatic rings. The SMILES string of the molecule is Clc1ccc(-[n+]2cc(Cl)c(NCc3ccccc3)cn2)cc1. The Bertz CT molecular complexity index is 759. The Morgan fingerprint density at radius 2 is 1.68 bits per heavy atom. The second-order valence-electron chi connectivity index (χ2n) is 4.80. The van der Waals surface area contributed by atoms with Gasteiger partial charge in [-0.2, -0.15) is 0 Å². The van der Waals surface area contributed by atoms with Crippen LogP contribution >= 0.6 is 23.2 Å². The van der Waals surface area contributed by atoms with Gasteiger partial charge in [-0.1, -0.05) is 58.2 Å². The van der Waals surface area contributed by atoms with E-state index in [1.807, 2.05) is 42.5 Å². The minimum Gasteiger partial charge on any atom is -0.378 e. The molecule has 0 bridgehead atoms. The van der Waals surface area contributed by atoms with Gasteiger partial charge in [-0.25, -0.2) is 0 Å². The van der Waals surface area contributed by atoms with Crippen molar-refractivity contribution in [2.75, 3.05) is 5.32 Å². The average Bonchev–Trinajstić information content (AvgIpc) is 2.55. The van der Waals surface area contributed by atoms with Crippen LogP contribution in [0.1, 0.15) is 5.56 Å². The molecule has 0 saturated carbocycles. The molecule has 0 amide bonds. The van der Waals surface area contributed by atoms with Gasteiger partial charge in [0.1, 0.15) is 11.2 Å². The van der Waals surface area contributed by atoms with Gasteiger partial charge >= 0.3 is 0 Å². The zero-order valence-electron chi connectivity index (χ0n) is 11.7. The van der Waals surface area contributed by atoms with E-state index in [0.29, 0.717) is 16.6 Å². The first kappa shape index (κ1) is 14.8. The molecule has 0 saturated heterocycles. The van der Waals surface area contributed by atoms with Crippen molar-refractivity contribution < 1.29 is 4.68 Å². The first-order valence-corrected chi connectivity index (χ1v) is 7.59. The van der Waals surface area contributed by atoms with Crippen molar-refractivity contribution in [1.29, 1.82) is 0 Å². The van der Waals surface area contributed by atoms with E-state index < -0.39 is 0 Å². The highest BCUT2D eigenvalue weighted by atomic mass is 35.5. The predicted octanol–water partition coefficient (Wildman–Crippen LogP) is 4.28. The van der Waals surface area contributed by atoms with Gasteiger partial charge in [-0.05, 0) is 17.7 Å². The number of nitrogens with one attached hydrogen (secondary N) is 1. The topological polar surface area (TPSA) is 28.8 Å². The molecule has 0 unspecified atom stereocenters. The fraction of sp³-hybridized carbons (Fsp3) is 0.0588. The van der Waals surface area contributed by atoms with Crippen molar-refractivity contribution in [1.82, 2.24) is 5.10 Å². The fourth-order valence-electron chi connectivity index (χ4n) is 2.05. The lowest BCUT2D eigenvalue weighted by atomic mass is 10.2. The van der Waals surface area contributed by atoms with Crippen molar-refractivity contribution >= 4 is 28.9 Å². The van der Waals surface area contributed by atoms with Crippen LogP contribution in [0.15, 0.2) is 67.0 Å². The van der Waals surface area contributed by atoms with Crippen LogP contribution in [0.25, 0.3) is 5.69 Å². The molecule has 1 aromatic heterocycles. The Kier molecular flexibility index (Phi) is 4.56. The maximum Gasteiger partial charge on any atom is 0.238 e. The van der Waals surface area contributed by atoms with Crippen LogP contribution in [0.2, 0.25) is 10.0 Å². The highest BCUT2D eigenvalue weighted by Crippen LogP contribution is 2.19. The molecular formula is C17H14Cl2N3+. The molecule has 0 fully saturated rings. The van der Waals surface area contributed by atoms with Crippen LogP contribution < -0.4 is 10.00 Å². The number of hydrogen-bond acceptors (Lipinski definition) is 2. The lowest BCUT2D eigenvalue weighted by Crippen LogP contribution is -2.34. The number of rotatable bonds is 4. The largest absolute Gasteiger partial charge is 0.378 e. The molecule has 1 N–H and O–H groups in total. The van der Waals surface area contributed by atoms with Gasteiger partial charge in [0.2, 0.25) is 11.9 Å². The van der Waals surface area contributed by atoms with Gasteiger partial charge in [0.05, 0.1) is 5.69 Å². The van der Waals surface area contributed by atoms with Crippen molar-refractivity contribution in [3.05, 3.63) is 82.6 Å². The molecular weight excluding hydrogens is 317 g/mol. The molecule has 22 heavy (non-hydrogen) atoms. The fourth-order valence-corrected chi connectivity index (χ4v) is 2.38. The molecule has 3 nitrogen and oxygen atoms in total. The molecule has 0 aliphatic carbocycles. The van der Waals surface area contributed by atoms with E-state index in [-0.39, 0.29) is 0 Å². The van der Waals surface area contributed by atoms with E-state index in [2.05, 4.69) is 22.5 Å². The number of benzene rings is 2.